The van der Waals surface area contributed by atoms with Gasteiger partial charge in [-0.1, -0.05) is 12.1 Å². The van der Waals surface area contributed by atoms with E-state index in [1.807, 2.05) is 36.1 Å². The Bertz CT molecular complexity index is 908. The number of hydrogen-bond donors (Lipinski definition) is 0. The largest absolute Gasteiger partial charge is 0.468 e. The first-order chi connectivity index (χ1) is 15.0. The van der Waals surface area contributed by atoms with E-state index in [9.17, 15) is 9.59 Å². The Morgan fingerprint density at radius 1 is 1.06 bits per heavy atom. The van der Waals surface area contributed by atoms with Crippen LogP contribution in [0.25, 0.3) is 0 Å². The zero-order valence-corrected chi connectivity index (χ0v) is 18.1. The normalized spacial score (nSPS) is 21.6. The molecule has 8 heteroatoms. The first-order valence-corrected chi connectivity index (χ1v) is 10.6. The van der Waals surface area contributed by atoms with E-state index >= 15 is 0 Å². The molecule has 1 unspecified atom stereocenters. The van der Waals surface area contributed by atoms with Gasteiger partial charge in [0.2, 0.25) is 5.91 Å². The lowest BCUT2D eigenvalue weighted by atomic mass is 9.84. The standard InChI is InChI=1S/C23H29N3O5/c1-23(8-9-26(23)16-18-5-3-6-19(15-18)31-17-29-2)22(28)25-12-10-24(11-13-25)21(27)20-7-4-14-30-20/h3-7,14-15H,8-13,16-17H2,1-2H3. The van der Waals surface area contributed by atoms with E-state index in [1.54, 1.807) is 24.1 Å². The number of hydrogen-bond acceptors (Lipinski definition) is 6. The molecule has 1 aromatic carbocycles. The summed E-state index contributed by atoms with van der Waals surface area (Å²) in [4.78, 5) is 31.6. The summed E-state index contributed by atoms with van der Waals surface area (Å²) in [5.74, 6) is 1.11. The highest BCUT2D eigenvalue weighted by Gasteiger charge is 2.49. The van der Waals surface area contributed by atoms with E-state index in [-0.39, 0.29) is 18.6 Å². The molecule has 0 saturated carbocycles. The van der Waals surface area contributed by atoms with Crippen molar-refractivity contribution in [2.24, 2.45) is 0 Å². The van der Waals surface area contributed by atoms with E-state index in [0.29, 0.717) is 38.5 Å². The summed E-state index contributed by atoms with van der Waals surface area (Å²) in [6, 6.07) is 11.3. The molecule has 31 heavy (non-hydrogen) atoms. The van der Waals surface area contributed by atoms with Crippen LogP contribution in [0.2, 0.25) is 0 Å². The van der Waals surface area contributed by atoms with Crippen molar-refractivity contribution in [1.82, 2.24) is 14.7 Å². The highest BCUT2D eigenvalue weighted by molar-refractivity contribution is 5.92. The molecule has 166 valence electrons. The molecule has 8 nitrogen and oxygen atoms in total. The van der Waals surface area contributed by atoms with E-state index in [1.165, 1.54) is 6.26 Å². The molecule has 2 aliphatic rings. The van der Waals surface area contributed by atoms with Gasteiger partial charge in [-0.15, -0.1) is 0 Å². The molecule has 0 aliphatic carbocycles. The quantitative estimate of drug-likeness (QED) is 0.631. The third-order valence-electron chi connectivity index (χ3n) is 6.23. The summed E-state index contributed by atoms with van der Waals surface area (Å²) >= 11 is 0. The topological polar surface area (TPSA) is 75.5 Å². The molecule has 0 bridgehead atoms. The molecule has 1 aromatic heterocycles. The van der Waals surface area contributed by atoms with Gasteiger partial charge < -0.3 is 23.7 Å². The number of carbonyl (C=O) groups excluding carboxylic acids is 2. The first kappa shape index (κ1) is 21.4. The molecule has 3 heterocycles. The highest BCUT2D eigenvalue weighted by atomic mass is 16.7. The number of carbonyl (C=O) groups is 2. The maximum atomic E-state index is 13.3. The summed E-state index contributed by atoms with van der Waals surface area (Å²) < 4.78 is 15.7. The van der Waals surface area contributed by atoms with Crippen LogP contribution in [0.4, 0.5) is 0 Å². The zero-order valence-electron chi connectivity index (χ0n) is 18.1. The number of benzene rings is 1. The van der Waals surface area contributed by atoms with Crippen LogP contribution >= 0.6 is 0 Å². The number of ether oxygens (including phenoxy) is 2. The van der Waals surface area contributed by atoms with Crippen LogP contribution < -0.4 is 4.74 Å². The molecule has 0 N–H and O–H groups in total. The number of amides is 2. The Labute approximate surface area is 182 Å². The maximum Gasteiger partial charge on any atom is 0.289 e. The average molecular weight is 428 g/mol. The van der Waals surface area contributed by atoms with Crippen LogP contribution in [0.15, 0.2) is 47.1 Å². The SMILES string of the molecule is COCOc1cccc(CN2CCC2(C)C(=O)N2CCN(C(=O)c3ccco3)CC2)c1. The summed E-state index contributed by atoms with van der Waals surface area (Å²) in [7, 11) is 1.59. The van der Waals surface area contributed by atoms with Gasteiger partial charge in [0.25, 0.3) is 5.91 Å². The smallest absolute Gasteiger partial charge is 0.289 e. The molecule has 0 radical (unpaired) electrons. The molecule has 0 spiro atoms. The third-order valence-corrected chi connectivity index (χ3v) is 6.23. The van der Waals surface area contributed by atoms with Crippen molar-refractivity contribution in [1.29, 1.82) is 0 Å². The Hall–Kier alpha value is -2.84. The van der Waals surface area contributed by atoms with Crippen LogP contribution in [-0.2, 0) is 16.1 Å². The van der Waals surface area contributed by atoms with Gasteiger partial charge in [0.15, 0.2) is 12.6 Å². The van der Waals surface area contributed by atoms with Crippen molar-refractivity contribution in [3.63, 3.8) is 0 Å². The van der Waals surface area contributed by atoms with Crippen LogP contribution in [0.5, 0.6) is 5.75 Å². The molecule has 2 fully saturated rings. The molecule has 2 aliphatic heterocycles. The van der Waals surface area contributed by atoms with Gasteiger partial charge in [0.1, 0.15) is 5.75 Å². The fourth-order valence-corrected chi connectivity index (χ4v) is 4.19. The molecule has 2 saturated heterocycles. The number of rotatable bonds is 7. The number of furan rings is 1. The predicted molar refractivity (Wildman–Crippen MR) is 114 cm³/mol. The summed E-state index contributed by atoms with van der Waals surface area (Å²) in [5, 5.41) is 0. The van der Waals surface area contributed by atoms with Gasteiger partial charge in [-0.3, -0.25) is 14.5 Å². The Morgan fingerprint density at radius 2 is 1.84 bits per heavy atom. The lowest BCUT2D eigenvalue weighted by molar-refractivity contribution is -0.154. The number of nitrogens with zero attached hydrogens (tertiary/aromatic N) is 3. The van der Waals surface area contributed by atoms with Crippen LogP contribution in [-0.4, -0.2) is 78.7 Å². The minimum absolute atomic E-state index is 0.121. The second-order valence-corrected chi connectivity index (χ2v) is 8.21. The fraction of sp³-hybridized carbons (Fsp3) is 0.478. The lowest BCUT2D eigenvalue weighted by Gasteiger charge is -2.52. The van der Waals surface area contributed by atoms with Gasteiger partial charge in [-0.05, 0) is 43.2 Å². The van der Waals surface area contributed by atoms with E-state index < -0.39 is 5.54 Å². The minimum atomic E-state index is -0.517. The van der Waals surface area contributed by atoms with E-state index in [0.717, 1.165) is 24.3 Å². The second kappa shape index (κ2) is 9.11. The van der Waals surface area contributed by atoms with Crippen LogP contribution in [0.3, 0.4) is 0 Å². The maximum absolute atomic E-state index is 13.3. The molecule has 2 amide bonds. The lowest BCUT2D eigenvalue weighted by Crippen LogP contribution is -2.67. The zero-order chi connectivity index (χ0) is 21.8. The fourth-order valence-electron chi connectivity index (χ4n) is 4.19. The van der Waals surface area contributed by atoms with Crippen LogP contribution in [0, 0.1) is 0 Å². The second-order valence-electron chi connectivity index (χ2n) is 8.21. The van der Waals surface area contributed by atoms with E-state index in [2.05, 4.69) is 4.90 Å². The average Bonchev–Trinajstić information content (AvgIpc) is 3.34. The number of piperazine rings is 1. The summed E-state index contributed by atoms with van der Waals surface area (Å²) in [6.45, 7) is 5.89. The molecule has 4 rings (SSSR count). The number of likely N-dealkylation sites (tertiary alicyclic amines) is 1. The van der Waals surface area contributed by atoms with Crippen LogP contribution in [0.1, 0.15) is 29.5 Å². The van der Waals surface area contributed by atoms with Crippen molar-refractivity contribution in [2.75, 3.05) is 46.6 Å². The van der Waals surface area contributed by atoms with Gasteiger partial charge in [-0.25, -0.2) is 0 Å². The molecular formula is C23H29N3O5. The van der Waals surface area contributed by atoms with Crippen molar-refractivity contribution >= 4 is 11.8 Å². The van der Waals surface area contributed by atoms with Crippen molar-refractivity contribution in [2.45, 2.75) is 25.4 Å². The van der Waals surface area contributed by atoms with Gasteiger partial charge in [-0.2, -0.15) is 0 Å². The highest BCUT2D eigenvalue weighted by Crippen LogP contribution is 2.34. The Kier molecular flexibility index (Phi) is 6.29. The van der Waals surface area contributed by atoms with Gasteiger partial charge >= 0.3 is 0 Å². The van der Waals surface area contributed by atoms with Crippen molar-refractivity contribution in [3.8, 4) is 5.75 Å². The molecular weight excluding hydrogens is 398 g/mol. The van der Waals surface area contributed by atoms with E-state index in [4.69, 9.17) is 13.9 Å². The summed E-state index contributed by atoms with van der Waals surface area (Å²) in [6.07, 6.45) is 2.33. The van der Waals surface area contributed by atoms with Crippen molar-refractivity contribution in [3.05, 3.63) is 54.0 Å². The van der Waals surface area contributed by atoms with Gasteiger partial charge in [0.05, 0.1) is 11.8 Å². The van der Waals surface area contributed by atoms with Gasteiger partial charge in [0, 0.05) is 46.4 Å². The Balaban J connectivity index is 1.34. The minimum Gasteiger partial charge on any atom is -0.468 e. The number of methoxy groups -OCH3 is 1. The third kappa shape index (κ3) is 4.45. The first-order valence-electron chi connectivity index (χ1n) is 10.6. The molecule has 2 aromatic rings. The monoisotopic (exact) mass is 427 g/mol. The van der Waals surface area contributed by atoms with Crippen molar-refractivity contribution < 1.29 is 23.5 Å². The summed E-state index contributed by atoms with van der Waals surface area (Å²) in [5.41, 5.74) is 0.581. The predicted octanol–water partition coefficient (Wildman–Crippen LogP) is 2.21. The molecule has 1 atom stereocenters. The Morgan fingerprint density at radius 3 is 2.48 bits per heavy atom.